The monoisotopic (exact) mass is 507 g/mol. The van der Waals surface area contributed by atoms with Gasteiger partial charge in [0.15, 0.2) is 6.10 Å². The molecule has 0 N–H and O–H groups in total. The molecule has 2 saturated heterocycles. The van der Waals surface area contributed by atoms with E-state index in [9.17, 15) is 9.59 Å². The van der Waals surface area contributed by atoms with Crippen molar-refractivity contribution < 1.29 is 18.8 Å². The van der Waals surface area contributed by atoms with Crippen molar-refractivity contribution in [1.29, 1.82) is 0 Å². The zero-order valence-corrected chi connectivity index (χ0v) is 24.1. The zero-order valence-electron chi connectivity index (χ0n) is 24.1. The molecule has 0 aromatic rings. The van der Waals surface area contributed by atoms with Gasteiger partial charge in [-0.05, 0) is 32.1 Å². The zero-order chi connectivity index (χ0) is 25.9. The van der Waals surface area contributed by atoms with Crippen molar-refractivity contribution in [2.24, 2.45) is 0 Å². The van der Waals surface area contributed by atoms with Crippen molar-refractivity contribution in [2.75, 3.05) is 39.8 Å². The maximum Gasteiger partial charge on any atom is 0.306 e. The summed E-state index contributed by atoms with van der Waals surface area (Å²) in [7, 11) is 2.29. The predicted molar refractivity (Wildman–Crippen MR) is 150 cm³/mol. The lowest BCUT2D eigenvalue weighted by Crippen LogP contribution is -2.54. The number of carbonyl (C=O) groups excluding carboxylic acids is 2. The Labute approximate surface area is 223 Å². The number of quaternary nitrogens is 1. The van der Waals surface area contributed by atoms with Crippen LogP contribution in [-0.4, -0.2) is 67.1 Å². The number of hydrogen-bond donors (Lipinski definition) is 0. The first-order valence-electron chi connectivity index (χ1n) is 15.8. The van der Waals surface area contributed by atoms with Crippen molar-refractivity contribution in [1.82, 2.24) is 4.90 Å². The summed E-state index contributed by atoms with van der Waals surface area (Å²) in [5.74, 6) is 0.157. The Morgan fingerprint density at radius 3 is 1.83 bits per heavy atom. The molecule has 1 atom stereocenters. The number of unbranched alkanes of at least 4 members (excludes halogenated alkanes) is 14. The van der Waals surface area contributed by atoms with Gasteiger partial charge in [-0.15, -0.1) is 0 Å². The van der Waals surface area contributed by atoms with E-state index in [0.29, 0.717) is 19.4 Å². The molecular weight excluding hydrogens is 448 g/mol. The number of likely N-dealkylation sites (tertiary alicyclic amines) is 2. The van der Waals surface area contributed by atoms with Gasteiger partial charge in [0.25, 0.3) is 0 Å². The van der Waals surface area contributed by atoms with E-state index in [1.54, 1.807) is 0 Å². The molecule has 0 bridgehead atoms. The number of ether oxygens (including phenoxy) is 1. The minimum Gasteiger partial charge on any atom is -0.454 e. The van der Waals surface area contributed by atoms with Gasteiger partial charge in [-0.2, -0.15) is 0 Å². The summed E-state index contributed by atoms with van der Waals surface area (Å²) in [6.07, 6.45) is 25.7. The topological polar surface area (TPSA) is 46.6 Å². The number of piperidine rings is 1. The van der Waals surface area contributed by atoms with Gasteiger partial charge in [-0.25, -0.2) is 0 Å². The molecule has 2 aliphatic rings. The third kappa shape index (κ3) is 14.0. The van der Waals surface area contributed by atoms with Crippen LogP contribution in [0.1, 0.15) is 142 Å². The number of rotatable bonds is 21. The number of likely N-dealkylation sites (N-methyl/N-ethyl adjacent to an activating group) is 1. The van der Waals surface area contributed by atoms with Gasteiger partial charge in [0.05, 0.1) is 26.7 Å². The van der Waals surface area contributed by atoms with Crippen LogP contribution < -0.4 is 0 Å². The summed E-state index contributed by atoms with van der Waals surface area (Å²) in [5.41, 5.74) is 0. The maximum atomic E-state index is 12.7. The van der Waals surface area contributed by atoms with E-state index < -0.39 is 0 Å². The van der Waals surface area contributed by atoms with E-state index in [0.717, 1.165) is 49.9 Å². The number of nitrogens with zero attached hydrogens (tertiary/aromatic N) is 2. The van der Waals surface area contributed by atoms with Crippen LogP contribution in [0.4, 0.5) is 0 Å². The lowest BCUT2D eigenvalue weighted by atomic mass is 10.0. The number of hydrogen-bond acceptors (Lipinski definition) is 3. The molecule has 0 aromatic carbocycles. The second kappa shape index (κ2) is 19.0. The standard InChI is InChI=1S/C31H59N2O3/c1-3-4-5-6-7-8-9-10-11-12-13-14-15-16-18-23-31(35)36-29(27-32-24-21-22-30(32)34)28-33(2)25-19-17-20-26-33/h29H,3-28H2,1-2H3/q+1. The molecule has 0 spiro atoms. The molecule has 2 heterocycles. The van der Waals surface area contributed by atoms with Gasteiger partial charge in [0, 0.05) is 19.4 Å². The lowest BCUT2D eigenvalue weighted by Gasteiger charge is -2.40. The molecule has 2 rings (SSSR count). The fourth-order valence-corrected chi connectivity index (χ4v) is 6.11. The summed E-state index contributed by atoms with van der Waals surface area (Å²) >= 11 is 0. The van der Waals surface area contributed by atoms with Crippen LogP contribution in [0.25, 0.3) is 0 Å². The van der Waals surface area contributed by atoms with Crippen LogP contribution in [0.15, 0.2) is 0 Å². The molecule has 5 heteroatoms. The number of esters is 1. The third-order valence-corrected chi connectivity index (χ3v) is 8.42. The first-order valence-corrected chi connectivity index (χ1v) is 15.8. The van der Waals surface area contributed by atoms with E-state index in [1.807, 2.05) is 4.90 Å². The van der Waals surface area contributed by atoms with Crippen molar-refractivity contribution in [2.45, 2.75) is 148 Å². The highest BCUT2D eigenvalue weighted by Gasteiger charge is 2.33. The van der Waals surface area contributed by atoms with E-state index in [-0.39, 0.29) is 18.0 Å². The van der Waals surface area contributed by atoms with E-state index in [4.69, 9.17) is 4.74 Å². The largest absolute Gasteiger partial charge is 0.454 e. The van der Waals surface area contributed by atoms with Gasteiger partial charge >= 0.3 is 5.97 Å². The summed E-state index contributed by atoms with van der Waals surface area (Å²) in [4.78, 5) is 26.8. The number of carbonyl (C=O) groups is 2. The molecule has 0 radical (unpaired) electrons. The summed E-state index contributed by atoms with van der Waals surface area (Å²) in [6, 6.07) is 0. The highest BCUT2D eigenvalue weighted by atomic mass is 16.5. The SMILES string of the molecule is CCCCCCCCCCCCCCCCCC(=O)OC(CN1CCCC1=O)C[N+]1(C)CCCCC1. The summed E-state index contributed by atoms with van der Waals surface area (Å²) in [5, 5.41) is 0. The minimum absolute atomic E-state index is 0.0649. The fraction of sp³-hybridized carbons (Fsp3) is 0.935. The predicted octanol–water partition coefficient (Wildman–Crippen LogP) is 7.41. The first kappa shape index (κ1) is 31.1. The molecular formula is C31H59N2O3+. The lowest BCUT2D eigenvalue weighted by molar-refractivity contribution is -0.916. The Kier molecular flexibility index (Phi) is 16.5. The molecule has 1 amide bonds. The van der Waals surface area contributed by atoms with Gasteiger partial charge in [-0.3, -0.25) is 9.59 Å². The quantitative estimate of drug-likeness (QED) is 0.0923. The molecule has 2 aliphatic heterocycles. The normalized spacial score (nSPS) is 18.5. The summed E-state index contributed by atoms with van der Waals surface area (Å²) in [6.45, 7) is 6.83. The van der Waals surface area contributed by atoms with E-state index in [1.165, 1.54) is 103 Å². The van der Waals surface area contributed by atoms with Crippen molar-refractivity contribution in [3.8, 4) is 0 Å². The molecule has 0 saturated carbocycles. The second-order valence-corrected chi connectivity index (χ2v) is 12.1. The highest BCUT2D eigenvalue weighted by molar-refractivity contribution is 5.78. The van der Waals surface area contributed by atoms with Crippen molar-refractivity contribution >= 4 is 11.9 Å². The van der Waals surface area contributed by atoms with Crippen LogP contribution >= 0.6 is 0 Å². The Hall–Kier alpha value is -1.10. The molecule has 2 fully saturated rings. The Morgan fingerprint density at radius 1 is 0.806 bits per heavy atom. The maximum absolute atomic E-state index is 12.7. The van der Waals surface area contributed by atoms with Crippen LogP contribution in [0.5, 0.6) is 0 Å². The van der Waals surface area contributed by atoms with Crippen molar-refractivity contribution in [3.63, 3.8) is 0 Å². The average Bonchev–Trinajstić information content (AvgIpc) is 3.25. The molecule has 0 aliphatic carbocycles. The van der Waals surface area contributed by atoms with Gasteiger partial charge in [0.2, 0.25) is 5.91 Å². The Balaban J connectivity index is 1.52. The smallest absolute Gasteiger partial charge is 0.306 e. The van der Waals surface area contributed by atoms with Crippen LogP contribution in [0.3, 0.4) is 0 Å². The van der Waals surface area contributed by atoms with Crippen molar-refractivity contribution in [3.05, 3.63) is 0 Å². The van der Waals surface area contributed by atoms with Crippen LogP contribution in [-0.2, 0) is 14.3 Å². The van der Waals surface area contributed by atoms with E-state index in [2.05, 4.69) is 14.0 Å². The molecule has 36 heavy (non-hydrogen) atoms. The Morgan fingerprint density at radius 2 is 1.33 bits per heavy atom. The highest BCUT2D eigenvalue weighted by Crippen LogP contribution is 2.20. The minimum atomic E-state index is -0.168. The number of amides is 1. The van der Waals surface area contributed by atoms with Gasteiger partial charge in [-0.1, -0.05) is 96.8 Å². The molecule has 5 nitrogen and oxygen atoms in total. The fourth-order valence-electron chi connectivity index (χ4n) is 6.11. The first-order chi connectivity index (χ1) is 17.5. The third-order valence-electron chi connectivity index (χ3n) is 8.42. The Bertz CT molecular complexity index is 588. The van der Waals surface area contributed by atoms with Gasteiger partial charge < -0.3 is 14.1 Å². The van der Waals surface area contributed by atoms with Gasteiger partial charge in [0.1, 0.15) is 6.54 Å². The van der Waals surface area contributed by atoms with E-state index >= 15 is 0 Å². The molecule has 0 aromatic heterocycles. The average molecular weight is 508 g/mol. The summed E-state index contributed by atoms with van der Waals surface area (Å²) < 4.78 is 6.97. The molecule has 1 unspecified atom stereocenters. The van der Waals surface area contributed by atoms with Crippen LogP contribution in [0, 0.1) is 0 Å². The second-order valence-electron chi connectivity index (χ2n) is 12.1. The van der Waals surface area contributed by atoms with Crippen LogP contribution in [0.2, 0.25) is 0 Å². The molecule has 210 valence electrons.